The number of aromatic nitrogens is 2. The monoisotopic (exact) mass is 296 g/mol. The topological polar surface area (TPSA) is 110 Å². The molecule has 1 aromatic heterocycles. The molecule has 1 aromatic rings. The number of aryl methyl sites for hydroxylation is 1. The van der Waals surface area contributed by atoms with Crippen molar-refractivity contribution in [2.75, 3.05) is 7.11 Å². The van der Waals surface area contributed by atoms with E-state index in [2.05, 4.69) is 15.5 Å². The Labute approximate surface area is 122 Å². The maximum absolute atomic E-state index is 12.2. The molecule has 0 unspecified atom stereocenters. The lowest BCUT2D eigenvalue weighted by Crippen LogP contribution is -2.68. The molecule has 1 fully saturated rings. The van der Waals surface area contributed by atoms with Crippen molar-refractivity contribution >= 4 is 11.6 Å². The van der Waals surface area contributed by atoms with Crippen LogP contribution < -0.4 is 5.32 Å². The number of aromatic amines is 1. The van der Waals surface area contributed by atoms with Crippen LogP contribution in [0.4, 0.5) is 5.69 Å². The summed E-state index contributed by atoms with van der Waals surface area (Å²) >= 11 is 0. The molecule has 8 heteroatoms. The second kappa shape index (κ2) is 4.80. The fraction of sp³-hybridized carbons (Fsp3) is 0.692. The normalized spacial score (nSPS) is 27.0. The van der Waals surface area contributed by atoms with E-state index in [-0.39, 0.29) is 34.1 Å². The minimum Gasteiger partial charge on any atom is -0.378 e. The Balaban J connectivity index is 2.16. The molecule has 0 saturated heterocycles. The molecule has 2 N–H and O–H groups in total. The number of carbonyl (C=O) groups is 1. The standard InChI is InChI=1S/C13H20N4O4/c1-7-10(17(19)20)9(16-15-7)11(18)14-8-6-13(4,21-5)12(8,2)3/h8H,6H2,1-5H3,(H,14,18)(H,15,16)/t8-,13-/m1/s1. The Bertz CT molecular complexity index is 595. The fourth-order valence-corrected chi connectivity index (χ4v) is 2.75. The first-order valence-corrected chi connectivity index (χ1v) is 6.69. The average molecular weight is 296 g/mol. The van der Waals surface area contributed by atoms with Gasteiger partial charge in [0.05, 0.1) is 10.5 Å². The van der Waals surface area contributed by atoms with Gasteiger partial charge in [0.15, 0.2) is 0 Å². The first-order chi connectivity index (χ1) is 9.64. The summed E-state index contributed by atoms with van der Waals surface area (Å²) in [5.74, 6) is -0.540. The molecule has 116 valence electrons. The lowest BCUT2D eigenvalue weighted by molar-refractivity contribution is -0.385. The molecule has 0 aromatic carbocycles. The lowest BCUT2D eigenvalue weighted by Gasteiger charge is -2.59. The van der Waals surface area contributed by atoms with E-state index in [1.165, 1.54) is 6.92 Å². The number of methoxy groups -OCH3 is 1. The van der Waals surface area contributed by atoms with Crippen LogP contribution in [0, 0.1) is 22.5 Å². The molecule has 1 aliphatic carbocycles. The van der Waals surface area contributed by atoms with Gasteiger partial charge in [-0.15, -0.1) is 0 Å². The third-order valence-corrected chi connectivity index (χ3v) is 4.90. The third-order valence-electron chi connectivity index (χ3n) is 4.90. The Morgan fingerprint density at radius 3 is 2.62 bits per heavy atom. The zero-order valence-corrected chi connectivity index (χ0v) is 12.8. The molecular weight excluding hydrogens is 276 g/mol. The predicted octanol–water partition coefficient (Wildman–Crippen LogP) is 1.56. The second-order valence-corrected chi connectivity index (χ2v) is 6.19. The van der Waals surface area contributed by atoms with Crippen molar-refractivity contribution in [2.45, 2.75) is 45.8 Å². The molecule has 0 radical (unpaired) electrons. The van der Waals surface area contributed by atoms with Crippen molar-refractivity contribution in [3.63, 3.8) is 0 Å². The summed E-state index contributed by atoms with van der Waals surface area (Å²) in [6.45, 7) is 7.48. The first-order valence-electron chi connectivity index (χ1n) is 6.69. The SMILES string of the molecule is CO[C@]1(C)C[C@@H](NC(=O)c2n[nH]c(C)c2[N+](=O)[O-])C1(C)C. The highest BCUT2D eigenvalue weighted by Crippen LogP contribution is 2.51. The molecule has 1 saturated carbocycles. The van der Waals surface area contributed by atoms with Crippen molar-refractivity contribution in [3.05, 3.63) is 21.5 Å². The highest BCUT2D eigenvalue weighted by Gasteiger charge is 2.58. The fourth-order valence-electron chi connectivity index (χ4n) is 2.75. The zero-order chi connectivity index (χ0) is 16.0. The second-order valence-electron chi connectivity index (χ2n) is 6.19. The molecular formula is C13H20N4O4. The Morgan fingerprint density at radius 1 is 1.52 bits per heavy atom. The van der Waals surface area contributed by atoms with Gasteiger partial charge >= 0.3 is 5.69 Å². The summed E-state index contributed by atoms with van der Waals surface area (Å²) < 4.78 is 5.49. The molecule has 1 amide bonds. The number of carbonyl (C=O) groups excluding carboxylic acids is 1. The van der Waals surface area contributed by atoms with Crippen molar-refractivity contribution in [1.82, 2.24) is 15.5 Å². The van der Waals surface area contributed by atoms with Gasteiger partial charge in [0.25, 0.3) is 5.91 Å². The maximum Gasteiger partial charge on any atom is 0.322 e. The lowest BCUT2D eigenvalue weighted by atomic mass is 9.56. The number of ether oxygens (including phenoxy) is 1. The van der Waals surface area contributed by atoms with Crippen LogP contribution >= 0.6 is 0 Å². The summed E-state index contributed by atoms with van der Waals surface area (Å²) in [5.41, 5.74) is -0.783. The van der Waals surface area contributed by atoms with E-state index < -0.39 is 10.8 Å². The van der Waals surface area contributed by atoms with Gasteiger partial charge in [-0.25, -0.2) is 0 Å². The van der Waals surface area contributed by atoms with Gasteiger partial charge in [-0.05, 0) is 20.3 Å². The van der Waals surface area contributed by atoms with Gasteiger partial charge in [-0.2, -0.15) is 5.10 Å². The van der Waals surface area contributed by atoms with Gasteiger partial charge in [0.2, 0.25) is 5.69 Å². The summed E-state index contributed by atoms with van der Waals surface area (Å²) in [4.78, 5) is 22.6. The molecule has 1 heterocycles. The number of nitrogens with zero attached hydrogens (tertiary/aromatic N) is 2. The van der Waals surface area contributed by atoms with E-state index in [1.54, 1.807) is 7.11 Å². The minimum atomic E-state index is -0.598. The minimum absolute atomic E-state index is 0.119. The van der Waals surface area contributed by atoms with Crippen LogP contribution in [0.2, 0.25) is 0 Å². The zero-order valence-electron chi connectivity index (χ0n) is 12.8. The van der Waals surface area contributed by atoms with Crippen molar-refractivity contribution in [2.24, 2.45) is 5.41 Å². The quantitative estimate of drug-likeness (QED) is 0.647. The molecule has 1 aliphatic rings. The molecule has 8 nitrogen and oxygen atoms in total. The third kappa shape index (κ3) is 2.19. The van der Waals surface area contributed by atoms with Gasteiger partial charge in [-0.3, -0.25) is 20.0 Å². The van der Waals surface area contributed by atoms with E-state index in [0.717, 1.165) is 0 Å². The molecule has 0 aliphatic heterocycles. The Hall–Kier alpha value is -1.96. The Morgan fingerprint density at radius 2 is 2.14 bits per heavy atom. The number of rotatable bonds is 4. The van der Waals surface area contributed by atoms with E-state index >= 15 is 0 Å². The highest BCUT2D eigenvalue weighted by atomic mass is 16.6. The van der Waals surface area contributed by atoms with Crippen molar-refractivity contribution in [3.8, 4) is 0 Å². The number of nitrogens with one attached hydrogen (secondary N) is 2. The van der Waals surface area contributed by atoms with Crippen molar-refractivity contribution < 1.29 is 14.5 Å². The van der Waals surface area contributed by atoms with Gasteiger partial charge < -0.3 is 10.1 Å². The molecule has 21 heavy (non-hydrogen) atoms. The van der Waals surface area contributed by atoms with Crippen LogP contribution in [-0.2, 0) is 4.74 Å². The van der Waals surface area contributed by atoms with E-state index in [0.29, 0.717) is 6.42 Å². The van der Waals surface area contributed by atoms with Crippen LogP contribution in [0.25, 0.3) is 0 Å². The van der Waals surface area contributed by atoms with Crippen molar-refractivity contribution in [1.29, 1.82) is 0 Å². The average Bonchev–Trinajstić information content (AvgIpc) is 2.79. The Kier molecular flexibility index (Phi) is 3.53. The van der Waals surface area contributed by atoms with Gasteiger partial charge in [0.1, 0.15) is 5.69 Å². The van der Waals surface area contributed by atoms with Crippen LogP contribution in [-0.4, -0.2) is 39.8 Å². The van der Waals surface area contributed by atoms with Gasteiger partial charge in [-0.1, -0.05) is 13.8 Å². The summed E-state index contributed by atoms with van der Waals surface area (Å²) in [5, 5.41) is 20.0. The van der Waals surface area contributed by atoms with E-state index in [9.17, 15) is 14.9 Å². The number of H-pyrrole nitrogens is 1. The van der Waals surface area contributed by atoms with Crippen LogP contribution in [0.5, 0.6) is 0 Å². The number of nitro groups is 1. The van der Waals surface area contributed by atoms with Crippen LogP contribution in [0.3, 0.4) is 0 Å². The summed E-state index contributed by atoms with van der Waals surface area (Å²) in [6.07, 6.45) is 0.652. The predicted molar refractivity (Wildman–Crippen MR) is 75.0 cm³/mol. The first kappa shape index (κ1) is 15.4. The number of hydrogen-bond acceptors (Lipinski definition) is 5. The maximum atomic E-state index is 12.2. The molecule has 0 bridgehead atoms. The van der Waals surface area contributed by atoms with Crippen LogP contribution in [0.1, 0.15) is 43.4 Å². The molecule has 2 rings (SSSR count). The number of amides is 1. The van der Waals surface area contributed by atoms with E-state index in [4.69, 9.17) is 4.74 Å². The van der Waals surface area contributed by atoms with Gasteiger partial charge in [0, 0.05) is 18.6 Å². The largest absolute Gasteiger partial charge is 0.378 e. The highest BCUT2D eigenvalue weighted by molar-refractivity contribution is 5.96. The van der Waals surface area contributed by atoms with E-state index in [1.807, 2.05) is 20.8 Å². The molecule has 0 spiro atoms. The number of hydrogen-bond donors (Lipinski definition) is 2. The van der Waals surface area contributed by atoms with Crippen LogP contribution in [0.15, 0.2) is 0 Å². The summed E-state index contributed by atoms with van der Waals surface area (Å²) in [6, 6.07) is -0.119. The smallest absolute Gasteiger partial charge is 0.322 e. The summed E-state index contributed by atoms with van der Waals surface area (Å²) in [7, 11) is 1.64. The molecule has 2 atom stereocenters.